The Morgan fingerprint density at radius 1 is 0.617 bits per heavy atom. The van der Waals surface area contributed by atoms with E-state index in [1.165, 1.54) is 24.3 Å². The van der Waals surface area contributed by atoms with Crippen LogP contribution in [0, 0.1) is 45.1 Å². The van der Waals surface area contributed by atoms with E-state index in [4.69, 9.17) is 9.47 Å². The van der Waals surface area contributed by atoms with E-state index in [1.807, 2.05) is 48.5 Å². The number of carbonyl (C=O) groups is 2. The molecule has 12 heteroatoms. The molecule has 0 N–H and O–H groups in total. The fourth-order valence-corrected chi connectivity index (χ4v) is 7.85. The molecular weight excluding hydrogens is 763 g/mol. The third-order valence-electron chi connectivity index (χ3n) is 11.5. The lowest BCUT2D eigenvalue weighted by atomic mass is 9.75. The SMILES string of the molecule is N#CC1(Cc2ccc(F)cc2)CCN(C(=O)COc2ccc3cnccc3c2)CC1.N#CC1(Cc2ccc(F)cc2)CCN(C(=O)COc2cccc3cnccc23)CC1. The Morgan fingerprint density at radius 2 is 1.13 bits per heavy atom. The van der Waals surface area contributed by atoms with E-state index in [2.05, 4.69) is 22.1 Å². The third-order valence-corrected chi connectivity index (χ3v) is 11.5. The number of hydrogen-bond acceptors (Lipinski definition) is 8. The van der Waals surface area contributed by atoms with Crippen molar-refractivity contribution in [1.82, 2.24) is 19.8 Å². The second kappa shape index (κ2) is 18.8. The van der Waals surface area contributed by atoms with Gasteiger partial charge in [0.2, 0.25) is 0 Å². The second-order valence-electron chi connectivity index (χ2n) is 15.5. The Morgan fingerprint density at radius 3 is 1.68 bits per heavy atom. The number of fused-ring (bicyclic) bond motifs is 2. The van der Waals surface area contributed by atoms with Crippen LogP contribution in [-0.4, -0.2) is 71.0 Å². The molecule has 2 fully saturated rings. The van der Waals surface area contributed by atoms with Crippen molar-refractivity contribution in [3.05, 3.63) is 145 Å². The van der Waals surface area contributed by atoms with Gasteiger partial charge in [0.15, 0.2) is 13.2 Å². The Kier molecular flexibility index (Phi) is 12.9. The molecule has 2 amide bonds. The summed E-state index contributed by atoms with van der Waals surface area (Å²) in [5, 5.41) is 23.4. The summed E-state index contributed by atoms with van der Waals surface area (Å²) < 4.78 is 37.8. The highest BCUT2D eigenvalue weighted by Crippen LogP contribution is 2.36. The van der Waals surface area contributed by atoms with Gasteiger partial charge in [0.1, 0.15) is 23.1 Å². The summed E-state index contributed by atoms with van der Waals surface area (Å²) in [6, 6.07) is 32.5. The van der Waals surface area contributed by atoms with Crippen LogP contribution in [0.15, 0.2) is 122 Å². The average molecular weight is 807 g/mol. The minimum atomic E-state index is -0.530. The number of hydrogen-bond donors (Lipinski definition) is 0. The molecule has 304 valence electrons. The molecule has 0 saturated carbocycles. The van der Waals surface area contributed by atoms with E-state index in [-0.39, 0.29) is 36.7 Å². The molecular formula is C48H44F2N6O4. The Hall–Kier alpha value is -6.92. The summed E-state index contributed by atoms with van der Waals surface area (Å²) in [6.45, 7) is 1.97. The molecule has 8 rings (SSSR count). The zero-order valence-corrected chi connectivity index (χ0v) is 33.1. The van der Waals surface area contributed by atoms with Crippen molar-refractivity contribution in [2.24, 2.45) is 10.8 Å². The predicted octanol–water partition coefficient (Wildman–Crippen LogP) is 8.26. The van der Waals surface area contributed by atoms with E-state index in [0.717, 1.165) is 32.7 Å². The number of halogens is 2. The largest absolute Gasteiger partial charge is 0.484 e. The van der Waals surface area contributed by atoms with Crippen molar-refractivity contribution >= 4 is 33.4 Å². The number of rotatable bonds is 10. The summed E-state index contributed by atoms with van der Waals surface area (Å²) in [6.07, 6.45) is 10.5. The summed E-state index contributed by atoms with van der Waals surface area (Å²) in [4.78, 5) is 37.0. The van der Waals surface area contributed by atoms with Crippen molar-refractivity contribution in [1.29, 1.82) is 10.5 Å². The fourth-order valence-electron chi connectivity index (χ4n) is 7.85. The lowest BCUT2D eigenvalue weighted by molar-refractivity contribution is -0.136. The third kappa shape index (κ3) is 10.2. The van der Waals surface area contributed by atoms with Gasteiger partial charge in [0.25, 0.3) is 11.8 Å². The zero-order chi connectivity index (χ0) is 42.0. The van der Waals surface area contributed by atoms with Crippen LogP contribution in [0.1, 0.15) is 36.8 Å². The smallest absolute Gasteiger partial charge is 0.260 e. The number of aromatic nitrogens is 2. The van der Waals surface area contributed by atoms with Crippen molar-refractivity contribution in [3.63, 3.8) is 0 Å². The number of piperidine rings is 2. The molecule has 2 saturated heterocycles. The lowest BCUT2D eigenvalue weighted by Gasteiger charge is -2.37. The molecule has 0 spiro atoms. The van der Waals surface area contributed by atoms with Gasteiger partial charge < -0.3 is 19.3 Å². The molecule has 6 aromatic rings. The lowest BCUT2D eigenvalue weighted by Crippen LogP contribution is -2.45. The van der Waals surface area contributed by atoms with Crippen LogP contribution in [0.25, 0.3) is 21.5 Å². The molecule has 10 nitrogen and oxygen atoms in total. The summed E-state index contributed by atoms with van der Waals surface area (Å²) in [5.74, 6) is 0.554. The number of benzene rings is 4. The topological polar surface area (TPSA) is 132 Å². The first kappa shape index (κ1) is 41.2. The van der Waals surface area contributed by atoms with Gasteiger partial charge in [-0.2, -0.15) is 10.5 Å². The number of nitrogens with zero attached hydrogens (tertiary/aromatic N) is 6. The molecule has 0 bridgehead atoms. The Balaban J connectivity index is 0.000000181. The highest BCUT2D eigenvalue weighted by molar-refractivity contribution is 5.88. The monoisotopic (exact) mass is 806 g/mol. The quantitative estimate of drug-likeness (QED) is 0.135. The maximum absolute atomic E-state index is 13.1. The standard InChI is InChI=1S/2C24H22FN3O2/c25-21-4-1-18(2-5-21)14-24(17-26)8-11-28(12-9-24)23(29)16-30-22-6-3-20-15-27-10-7-19(20)13-22;25-20-6-4-18(5-7-20)14-24(17-26)9-12-28(13-10-24)23(29)16-30-22-3-1-2-19-15-27-11-8-21(19)22/h1-7,10,13,15H,8-9,11-12,14,16H2;1-8,11,15H,9-10,12-14,16H2. The van der Waals surface area contributed by atoms with Gasteiger partial charge in [-0.1, -0.05) is 36.4 Å². The average Bonchev–Trinajstić information content (AvgIpc) is 3.29. The number of pyridine rings is 2. The van der Waals surface area contributed by atoms with E-state index in [9.17, 15) is 28.9 Å². The maximum atomic E-state index is 13.1. The van der Waals surface area contributed by atoms with E-state index in [0.29, 0.717) is 76.2 Å². The van der Waals surface area contributed by atoms with Gasteiger partial charge in [0, 0.05) is 67.1 Å². The fraction of sp³-hybridized carbons (Fsp3) is 0.292. The van der Waals surface area contributed by atoms with Crippen molar-refractivity contribution in [3.8, 4) is 23.6 Å². The van der Waals surface area contributed by atoms with E-state index in [1.54, 1.807) is 58.9 Å². The van der Waals surface area contributed by atoms with Crippen LogP contribution in [-0.2, 0) is 22.4 Å². The van der Waals surface area contributed by atoms with Crippen LogP contribution in [0.2, 0.25) is 0 Å². The number of likely N-dealkylation sites (tertiary alicyclic amines) is 2. The van der Waals surface area contributed by atoms with E-state index >= 15 is 0 Å². The maximum Gasteiger partial charge on any atom is 0.260 e. The van der Waals surface area contributed by atoms with Crippen molar-refractivity contribution < 1.29 is 27.8 Å². The first-order chi connectivity index (χ1) is 29.1. The van der Waals surface area contributed by atoms with Gasteiger partial charge in [-0.15, -0.1) is 0 Å². The molecule has 2 aromatic heterocycles. The van der Waals surface area contributed by atoms with Gasteiger partial charge >= 0.3 is 0 Å². The first-order valence-electron chi connectivity index (χ1n) is 19.9. The minimum Gasteiger partial charge on any atom is -0.484 e. The molecule has 4 aromatic carbocycles. The second-order valence-corrected chi connectivity index (χ2v) is 15.5. The summed E-state index contributed by atoms with van der Waals surface area (Å²) in [7, 11) is 0. The molecule has 60 heavy (non-hydrogen) atoms. The normalized spacial score (nSPS) is 15.5. The number of nitriles is 2. The van der Waals surface area contributed by atoms with Crippen LogP contribution >= 0.6 is 0 Å². The summed E-state index contributed by atoms with van der Waals surface area (Å²) >= 11 is 0. The highest BCUT2D eigenvalue weighted by atomic mass is 19.1. The van der Waals surface area contributed by atoms with Gasteiger partial charge in [-0.3, -0.25) is 19.6 Å². The molecule has 4 heterocycles. The molecule has 2 aliphatic rings. The van der Waals surface area contributed by atoms with Gasteiger partial charge in [-0.25, -0.2) is 8.78 Å². The number of ether oxygens (including phenoxy) is 2. The Bertz CT molecular complexity index is 2510. The number of amides is 2. The van der Waals surface area contributed by atoms with Gasteiger partial charge in [0.05, 0.1) is 23.0 Å². The van der Waals surface area contributed by atoms with Crippen LogP contribution < -0.4 is 9.47 Å². The van der Waals surface area contributed by atoms with Crippen LogP contribution in [0.3, 0.4) is 0 Å². The zero-order valence-electron chi connectivity index (χ0n) is 33.1. The van der Waals surface area contributed by atoms with Crippen LogP contribution in [0.5, 0.6) is 11.5 Å². The Labute approximate surface area is 347 Å². The number of carbonyl (C=O) groups excluding carboxylic acids is 2. The van der Waals surface area contributed by atoms with Crippen LogP contribution in [0.4, 0.5) is 8.78 Å². The predicted molar refractivity (Wildman–Crippen MR) is 222 cm³/mol. The highest BCUT2D eigenvalue weighted by Gasteiger charge is 2.37. The molecule has 0 aliphatic carbocycles. The minimum absolute atomic E-state index is 0.0336. The van der Waals surface area contributed by atoms with Crippen molar-refractivity contribution in [2.45, 2.75) is 38.5 Å². The first-order valence-corrected chi connectivity index (χ1v) is 19.9. The van der Waals surface area contributed by atoms with Crippen molar-refractivity contribution in [2.75, 3.05) is 39.4 Å². The molecule has 0 radical (unpaired) electrons. The molecule has 0 atom stereocenters. The van der Waals surface area contributed by atoms with E-state index < -0.39 is 10.8 Å². The molecule has 0 unspecified atom stereocenters. The molecule has 2 aliphatic heterocycles. The van der Waals surface area contributed by atoms with Gasteiger partial charge in [-0.05, 0) is 116 Å². The summed E-state index contributed by atoms with van der Waals surface area (Å²) in [5.41, 5.74) is 0.819.